The smallest absolute Gasteiger partial charge is 0.273 e. The number of aromatic nitrogens is 2. The van der Waals surface area contributed by atoms with Gasteiger partial charge >= 0.3 is 0 Å². The summed E-state index contributed by atoms with van der Waals surface area (Å²) in [6, 6.07) is 3.03. The Morgan fingerprint density at radius 3 is 2.72 bits per heavy atom. The lowest BCUT2D eigenvalue weighted by atomic mass is 10.0. The second-order valence-corrected chi connectivity index (χ2v) is 9.40. The minimum absolute atomic E-state index is 0.0181. The van der Waals surface area contributed by atoms with Crippen molar-refractivity contribution >= 4 is 33.0 Å². The lowest BCUT2D eigenvalue weighted by Gasteiger charge is -2.42. The number of piperazine rings is 1. The van der Waals surface area contributed by atoms with Crippen LogP contribution < -0.4 is 0 Å². The maximum atomic E-state index is 13.3. The number of hydrogen-bond donors (Lipinski definition) is 0. The van der Waals surface area contributed by atoms with Crippen LogP contribution in [0.1, 0.15) is 16.2 Å². The molecule has 2 aromatic heterocycles. The predicted octanol–water partition coefficient (Wildman–Crippen LogP) is 0.849. The Hall–Kier alpha value is -1.64. The fraction of sp³-hybridized carbons (Fsp3) is 0.500. The van der Waals surface area contributed by atoms with Crippen molar-refractivity contribution < 1.29 is 13.2 Å². The fourth-order valence-electron chi connectivity index (χ4n) is 3.91. The highest BCUT2D eigenvalue weighted by Gasteiger charge is 2.47. The SMILES string of the molecule is Cc1nc2ccc(Cl)cn2c1C(=O)N1CCN(C)[C@@H]2CS(=O)(=O)C[C@@H]21. The summed E-state index contributed by atoms with van der Waals surface area (Å²) in [7, 11) is -1.22. The topological polar surface area (TPSA) is 75.0 Å². The summed E-state index contributed by atoms with van der Waals surface area (Å²) >= 11 is 6.08. The number of imidazole rings is 1. The Morgan fingerprint density at radius 1 is 1.24 bits per heavy atom. The van der Waals surface area contributed by atoms with Crippen molar-refractivity contribution in [1.82, 2.24) is 19.2 Å². The van der Waals surface area contributed by atoms with Gasteiger partial charge in [-0.25, -0.2) is 13.4 Å². The number of likely N-dealkylation sites (N-methyl/N-ethyl adjacent to an activating group) is 1. The van der Waals surface area contributed by atoms with E-state index in [9.17, 15) is 13.2 Å². The second-order valence-electron chi connectivity index (χ2n) is 6.81. The first kappa shape index (κ1) is 16.8. The molecular formula is C16H19ClN4O3S. The number of nitrogens with zero attached hydrogens (tertiary/aromatic N) is 4. The van der Waals surface area contributed by atoms with Gasteiger partial charge in [0, 0.05) is 25.3 Å². The highest BCUT2D eigenvalue weighted by Crippen LogP contribution is 2.28. The molecule has 2 aromatic rings. The lowest BCUT2D eigenvalue weighted by Crippen LogP contribution is -2.59. The number of rotatable bonds is 1. The standard InChI is InChI=1S/C16H19ClN4O3S/c1-10-15(21-7-11(17)3-4-14(21)18-10)16(22)20-6-5-19(2)12-8-25(23,24)9-13(12)20/h3-4,7,12-13H,5-6,8-9H2,1-2H3/t12-,13+/m1/s1. The molecule has 0 aliphatic carbocycles. The second kappa shape index (κ2) is 5.69. The molecule has 9 heteroatoms. The van der Waals surface area contributed by atoms with Crippen LogP contribution in [-0.4, -0.2) is 77.2 Å². The molecule has 0 spiro atoms. The first-order chi connectivity index (χ1) is 11.8. The monoisotopic (exact) mass is 382 g/mol. The van der Waals surface area contributed by atoms with Gasteiger partial charge in [-0.3, -0.25) is 14.1 Å². The number of carbonyl (C=O) groups is 1. The molecule has 0 unspecified atom stereocenters. The van der Waals surface area contributed by atoms with Crippen LogP contribution in [0.5, 0.6) is 0 Å². The van der Waals surface area contributed by atoms with Crippen molar-refractivity contribution in [2.75, 3.05) is 31.6 Å². The van der Waals surface area contributed by atoms with Gasteiger partial charge in [0.15, 0.2) is 9.84 Å². The molecule has 1 amide bonds. The zero-order chi connectivity index (χ0) is 17.9. The molecule has 0 aromatic carbocycles. The van der Waals surface area contributed by atoms with Crippen LogP contribution in [-0.2, 0) is 9.84 Å². The molecule has 2 aliphatic heterocycles. The van der Waals surface area contributed by atoms with Gasteiger partial charge < -0.3 is 4.90 Å². The summed E-state index contributed by atoms with van der Waals surface area (Å²) in [5.74, 6) is -0.0623. The largest absolute Gasteiger partial charge is 0.330 e. The Balaban J connectivity index is 1.76. The van der Waals surface area contributed by atoms with E-state index < -0.39 is 9.84 Å². The minimum atomic E-state index is -3.14. The summed E-state index contributed by atoms with van der Waals surface area (Å²) in [5, 5.41) is 0.513. The molecule has 7 nitrogen and oxygen atoms in total. The zero-order valence-corrected chi connectivity index (χ0v) is 15.6. The van der Waals surface area contributed by atoms with Crippen LogP contribution in [0.3, 0.4) is 0 Å². The van der Waals surface area contributed by atoms with E-state index in [1.165, 1.54) is 0 Å². The molecule has 0 N–H and O–H groups in total. The molecule has 134 valence electrons. The molecule has 25 heavy (non-hydrogen) atoms. The molecule has 2 fully saturated rings. The third-order valence-corrected chi connectivity index (χ3v) is 7.10. The van der Waals surface area contributed by atoms with E-state index in [2.05, 4.69) is 4.98 Å². The maximum Gasteiger partial charge on any atom is 0.273 e. The molecule has 2 saturated heterocycles. The van der Waals surface area contributed by atoms with E-state index in [0.29, 0.717) is 35.1 Å². The molecule has 4 rings (SSSR count). The third kappa shape index (κ3) is 2.72. The van der Waals surface area contributed by atoms with E-state index in [1.807, 2.05) is 11.9 Å². The summed E-state index contributed by atoms with van der Waals surface area (Å²) < 4.78 is 25.9. The number of carbonyl (C=O) groups excluding carboxylic acids is 1. The molecule has 0 radical (unpaired) electrons. The third-order valence-electron chi connectivity index (χ3n) is 5.17. The Morgan fingerprint density at radius 2 is 1.96 bits per heavy atom. The van der Waals surface area contributed by atoms with Crippen molar-refractivity contribution in [3.63, 3.8) is 0 Å². The zero-order valence-electron chi connectivity index (χ0n) is 14.0. The molecular weight excluding hydrogens is 364 g/mol. The Bertz CT molecular complexity index is 971. The van der Waals surface area contributed by atoms with Crippen LogP contribution >= 0.6 is 11.6 Å². The van der Waals surface area contributed by atoms with Gasteiger partial charge in [-0.05, 0) is 26.1 Å². The molecule has 4 heterocycles. The minimum Gasteiger partial charge on any atom is -0.330 e. The van der Waals surface area contributed by atoms with Crippen LogP contribution in [0.15, 0.2) is 18.3 Å². The van der Waals surface area contributed by atoms with Crippen molar-refractivity contribution in [3.8, 4) is 0 Å². The van der Waals surface area contributed by atoms with Gasteiger partial charge in [-0.1, -0.05) is 11.6 Å². The van der Waals surface area contributed by atoms with Crippen LogP contribution in [0.4, 0.5) is 0 Å². The van der Waals surface area contributed by atoms with Crippen molar-refractivity contribution in [2.24, 2.45) is 0 Å². The van der Waals surface area contributed by atoms with E-state index in [0.717, 1.165) is 0 Å². The highest BCUT2D eigenvalue weighted by molar-refractivity contribution is 7.91. The average molecular weight is 383 g/mol. The molecule has 0 saturated carbocycles. The quantitative estimate of drug-likeness (QED) is 0.731. The summed E-state index contributed by atoms with van der Waals surface area (Å²) in [4.78, 5) is 21.4. The van der Waals surface area contributed by atoms with Gasteiger partial charge in [0.1, 0.15) is 11.3 Å². The summed E-state index contributed by atoms with van der Waals surface area (Å²) in [6.07, 6.45) is 1.67. The van der Waals surface area contributed by atoms with Crippen molar-refractivity contribution in [1.29, 1.82) is 0 Å². The highest BCUT2D eigenvalue weighted by atomic mass is 35.5. The van der Waals surface area contributed by atoms with Gasteiger partial charge in [0.25, 0.3) is 5.91 Å². The van der Waals surface area contributed by atoms with Gasteiger partial charge in [0.05, 0.1) is 28.3 Å². The van der Waals surface area contributed by atoms with Gasteiger partial charge in [0.2, 0.25) is 0 Å². The summed E-state index contributed by atoms with van der Waals surface area (Å²) in [6.45, 7) is 2.94. The summed E-state index contributed by atoms with van der Waals surface area (Å²) in [5.41, 5.74) is 1.71. The number of amides is 1. The average Bonchev–Trinajstić information content (AvgIpc) is 3.02. The molecule has 2 atom stereocenters. The molecule has 0 bridgehead atoms. The van der Waals surface area contributed by atoms with Gasteiger partial charge in [-0.15, -0.1) is 0 Å². The Labute approximate surface area is 151 Å². The maximum absolute atomic E-state index is 13.3. The first-order valence-electron chi connectivity index (χ1n) is 8.13. The number of hydrogen-bond acceptors (Lipinski definition) is 5. The first-order valence-corrected chi connectivity index (χ1v) is 10.3. The van der Waals surface area contributed by atoms with Crippen molar-refractivity contribution in [2.45, 2.75) is 19.0 Å². The van der Waals surface area contributed by atoms with E-state index in [1.54, 1.807) is 34.6 Å². The van der Waals surface area contributed by atoms with Crippen LogP contribution in [0.25, 0.3) is 5.65 Å². The normalized spacial score (nSPS) is 26.1. The number of sulfone groups is 1. The number of fused-ring (bicyclic) bond motifs is 2. The van der Waals surface area contributed by atoms with Crippen molar-refractivity contribution in [3.05, 3.63) is 34.7 Å². The van der Waals surface area contributed by atoms with E-state index >= 15 is 0 Å². The van der Waals surface area contributed by atoms with E-state index in [4.69, 9.17) is 11.6 Å². The number of aryl methyl sites for hydroxylation is 1. The molecule has 2 aliphatic rings. The predicted molar refractivity (Wildman–Crippen MR) is 94.8 cm³/mol. The van der Waals surface area contributed by atoms with Crippen LogP contribution in [0.2, 0.25) is 5.02 Å². The lowest BCUT2D eigenvalue weighted by molar-refractivity contribution is 0.0403. The number of pyridine rings is 1. The fourth-order valence-corrected chi connectivity index (χ4v) is 6.12. The van der Waals surface area contributed by atoms with Gasteiger partial charge in [-0.2, -0.15) is 0 Å². The number of halogens is 1. The Kier molecular flexibility index (Phi) is 3.82. The van der Waals surface area contributed by atoms with E-state index in [-0.39, 0.29) is 29.5 Å². The van der Waals surface area contributed by atoms with Crippen LogP contribution in [0, 0.1) is 6.92 Å².